The molecule has 0 radical (unpaired) electrons. The summed E-state index contributed by atoms with van der Waals surface area (Å²) in [6.07, 6.45) is 1.24. The summed E-state index contributed by atoms with van der Waals surface area (Å²) in [5.74, 6) is -0.844. The maximum Gasteiger partial charge on any atom is 0.310 e. The van der Waals surface area contributed by atoms with Gasteiger partial charge in [0.1, 0.15) is 10.7 Å². The van der Waals surface area contributed by atoms with E-state index in [9.17, 15) is 14.9 Å². The average Bonchev–Trinajstić information content (AvgIpc) is 2.27. The molecule has 0 unspecified atom stereocenters. The minimum absolute atomic E-state index is 0.0792. The van der Waals surface area contributed by atoms with E-state index in [4.69, 9.17) is 16.7 Å². The Morgan fingerprint density at radius 2 is 2.17 bits per heavy atom. The van der Waals surface area contributed by atoms with Crippen molar-refractivity contribution in [3.05, 3.63) is 33.3 Å². The van der Waals surface area contributed by atoms with Crippen LogP contribution in [-0.2, 0) is 4.79 Å². The highest BCUT2D eigenvalue weighted by Gasteiger charge is 2.17. The number of nitro groups is 1. The second kappa shape index (κ2) is 6.80. The molecule has 0 heterocycles. The van der Waals surface area contributed by atoms with Crippen LogP contribution in [0.2, 0.25) is 5.02 Å². The van der Waals surface area contributed by atoms with Crippen LogP contribution >= 0.6 is 11.6 Å². The summed E-state index contributed by atoms with van der Waals surface area (Å²) in [7, 11) is 0. The summed E-state index contributed by atoms with van der Waals surface area (Å²) >= 11 is 5.75. The zero-order valence-corrected chi connectivity index (χ0v) is 10.3. The Morgan fingerprint density at radius 1 is 1.44 bits per heavy atom. The van der Waals surface area contributed by atoms with Crippen LogP contribution in [0.5, 0.6) is 0 Å². The van der Waals surface area contributed by atoms with Crippen LogP contribution in [0.15, 0.2) is 18.2 Å². The molecule has 0 saturated carbocycles. The molecular formula is C11H13ClN2O4. The normalized spacial score (nSPS) is 10.1. The Morgan fingerprint density at radius 3 is 2.78 bits per heavy atom. The molecule has 1 aromatic carbocycles. The Balaban J connectivity index is 2.54. The fraction of sp³-hybridized carbons (Fsp3) is 0.364. The van der Waals surface area contributed by atoms with Crippen molar-refractivity contribution in [3.63, 3.8) is 0 Å². The number of aliphatic carboxylic acids is 1. The fourth-order valence-corrected chi connectivity index (χ4v) is 1.71. The van der Waals surface area contributed by atoms with Gasteiger partial charge in [0.05, 0.1) is 4.92 Å². The minimum Gasteiger partial charge on any atom is -0.481 e. The number of carbonyl (C=O) groups is 1. The van der Waals surface area contributed by atoms with Crippen molar-refractivity contribution in [3.8, 4) is 0 Å². The Hall–Kier alpha value is -1.82. The van der Waals surface area contributed by atoms with Gasteiger partial charge in [0.2, 0.25) is 0 Å². The molecular weight excluding hydrogens is 260 g/mol. The van der Waals surface area contributed by atoms with Crippen molar-refractivity contribution in [1.29, 1.82) is 0 Å². The third-order valence-electron chi connectivity index (χ3n) is 2.30. The summed E-state index contributed by atoms with van der Waals surface area (Å²) in [4.78, 5) is 20.6. The second-order valence-electron chi connectivity index (χ2n) is 3.67. The number of halogens is 1. The number of carboxylic acid groups (broad SMARTS) is 1. The summed E-state index contributed by atoms with van der Waals surface area (Å²) in [6, 6.07) is 4.64. The Labute approximate surface area is 109 Å². The van der Waals surface area contributed by atoms with Gasteiger partial charge in [0.25, 0.3) is 0 Å². The van der Waals surface area contributed by atoms with Gasteiger partial charge in [-0.2, -0.15) is 0 Å². The molecule has 0 aliphatic rings. The lowest BCUT2D eigenvalue weighted by atomic mass is 10.2. The van der Waals surface area contributed by atoms with Crippen LogP contribution < -0.4 is 5.32 Å². The van der Waals surface area contributed by atoms with E-state index < -0.39 is 10.9 Å². The van der Waals surface area contributed by atoms with Gasteiger partial charge in [-0.25, -0.2) is 0 Å². The molecule has 0 atom stereocenters. The van der Waals surface area contributed by atoms with E-state index in [1.165, 1.54) is 6.07 Å². The molecule has 1 aromatic rings. The molecule has 6 nitrogen and oxygen atoms in total. The van der Waals surface area contributed by atoms with E-state index >= 15 is 0 Å². The maximum absolute atomic E-state index is 10.8. The zero-order chi connectivity index (χ0) is 13.5. The summed E-state index contributed by atoms with van der Waals surface area (Å²) in [5.41, 5.74) is 0.195. The molecule has 0 aliphatic carbocycles. The number of rotatable bonds is 7. The number of nitrogens with zero attached hydrogens (tertiary/aromatic N) is 1. The van der Waals surface area contributed by atoms with Gasteiger partial charge in [-0.3, -0.25) is 14.9 Å². The van der Waals surface area contributed by atoms with E-state index in [0.717, 1.165) is 0 Å². The number of nitrogens with one attached hydrogen (secondary N) is 1. The van der Waals surface area contributed by atoms with Crippen LogP contribution in [-0.4, -0.2) is 22.5 Å². The van der Waals surface area contributed by atoms with Crippen molar-refractivity contribution in [2.75, 3.05) is 11.9 Å². The van der Waals surface area contributed by atoms with Crippen LogP contribution in [0.3, 0.4) is 0 Å². The van der Waals surface area contributed by atoms with E-state index in [1.54, 1.807) is 12.1 Å². The summed E-state index contributed by atoms with van der Waals surface area (Å²) < 4.78 is 0. The van der Waals surface area contributed by atoms with Crippen molar-refractivity contribution in [2.24, 2.45) is 0 Å². The lowest BCUT2D eigenvalue weighted by Crippen LogP contribution is -2.05. The van der Waals surface area contributed by atoms with Crippen molar-refractivity contribution in [1.82, 2.24) is 0 Å². The highest BCUT2D eigenvalue weighted by Crippen LogP contribution is 2.32. The van der Waals surface area contributed by atoms with E-state index in [1.807, 2.05) is 0 Å². The number of anilines is 1. The molecule has 1 rings (SSSR count). The first kappa shape index (κ1) is 14.2. The quantitative estimate of drug-likeness (QED) is 0.452. The molecule has 0 saturated heterocycles. The Bertz CT molecular complexity index is 451. The van der Waals surface area contributed by atoms with Gasteiger partial charge in [-0.1, -0.05) is 17.7 Å². The van der Waals surface area contributed by atoms with Crippen LogP contribution in [0.4, 0.5) is 11.4 Å². The SMILES string of the molecule is O=C(O)CCCCNc1cccc(Cl)c1[N+](=O)[O-]. The monoisotopic (exact) mass is 272 g/mol. The van der Waals surface area contributed by atoms with Gasteiger partial charge in [0.15, 0.2) is 0 Å². The molecule has 0 fully saturated rings. The number of carboxylic acids is 1. The van der Waals surface area contributed by atoms with E-state index in [0.29, 0.717) is 25.1 Å². The third kappa shape index (κ3) is 4.21. The molecule has 7 heteroatoms. The lowest BCUT2D eigenvalue weighted by molar-refractivity contribution is -0.383. The second-order valence-corrected chi connectivity index (χ2v) is 4.08. The first-order chi connectivity index (χ1) is 8.52. The van der Waals surface area contributed by atoms with Gasteiger partial charge < -0.3 is 10.4 Å². The minimum atomic E-state index is -0.844. The zero-order valence-electron chi connectivity index (χ0n) is 9.56. The number of unbranched alkanes of at least 4 members (excludes halogenated alkanes) is 1. The van der Waals surface area contributed by atoms with Gasteiger partial charge in [-0.05, 0) is 25.0 Å². The standard InChI is InChI=1S/C11H13ClN2O4/c12-8-4-3-5-9(11(8)14(17)18)13-7-2-1-6-10(15)16/h3-5,13H,1-2,6-7H2,(H,15,16). The third-order valence-corrected chi connectivity index (χ3v) is 2.61. The number of nitro benzene ring substituents is 1. The smallest absolute Gasteiger partial charge is 0.310 e. The summed E-state index contributed by atoms with van der Waals surface area (Å²) in [5, 5.41) is 22.2. The van der Waals surface area contributed by atoms with Crippen LogP contribution in [0.25, 0.3) is 0 Å². The summed E-state index contributed by atoms with van der Waals surface area (Å²) in [6.45, 7) is 0.467. The largest absolute Gasteiger partial charge is 0.481 e. The van der Waals surface area contributed by atoms with Crippen molar-refractivity contribution in [2.45, 2.75) is 19.3 Å². The molecule has 98 valence electrons. The predicted molar refractivity (Wildman–Crippen MR) is 68.1 cm³/mol. The number of hydrogen-bond acceptors (Lipinski definition) is 4. The number of hydrogen-bond donors (Lipinski definition) is 2. The molecule has 0 aliphatic heterocycles. The van der Waals surface area contributed by atoms with E-state index in [-0.39, 0.29) is 17.1 Å². The number of benzene rings is 1. The molecule has 0 aromatic heterocycles. The van der Waals surface area contributed by atoms with Crippen molar-refractivity contribution >= 4 is 28.9 Å². The van der Waals surface area contributed by atoms with Gasteiger partial charge in [0, 0.05) is 13.0 Å². The average molecular weight is 273 g/mol. The number of para-hydroxylation sites is 1. The Kier molecular flexibility index (Phi) is 5.38. The topological polar surface area (TPSA) is 92.5 Å². The first-order valence-electron chi connectivity index (χ1n) is 5.41. The van der Waals surface area contributed by atoms with E-state index in [2.05, 4.69) is 5.32 Å². The van der Waals surface area contributed by atoms with Crippen LogP contribution in [0.1, 0.15) is 19.3 Å². The maximum atomic E-state index is 10.8. The molecule has 0 amide bonds. The van der Waals surface area contributed by atoms with Gasteiger partial charge in [-0.15, -0.1) is 0 Å². The molecule has 0 spiro atoms. The first-order valence-corrected chi connectivity index (χ1v) is 5.78. The molecule has 18 heavy (non-hydrogen) atoms. The van der Waals surface area contributed by atoms with Crippen LogP contribution in [0, 0.1) is 10.1 Å². The van der Waals surface area contributed by atoms with Crippen molar-refractivity contribution < 1.29 is 14.8 Å². The lowest BCUT2D eigenvalue weighted by Gasteiger charge is -2.07. The fourth-order valence-electron chi connectivity index (χ4n) is 1.47. The highest BCUT2D eigenvalue weighted by molar-refractivity contribution is 6.33. The highest BCUT2D eigenvalue weighted by atomic mass is 35.5. The molecule has 0 bridgehead atoms. The predicted octanol–water partition coefficient (Wildman–Crippen LogP) is 2.92. The van der Waals surface area contributed by atoms with Gasteiger partial charge >= 0.3 is 11.7 Å². The molecule has 2 N–H and O–H groups in total.